The lowest BCUT2D eigenvalue weighted by atomic mass is 9.77. The van der Waals surface area contributed by atoms with Gasteiger partial charge in [-0.15, -0.1) is 11.3 Å². The second-order valence-electron chi connectivity index (χ2n) is 4.38. The Kier molecular flexibility index (Phi) is 2.87. The van der Waals surface area contributed by atoms with E-state index in [1.165, 1.54) is 30.6 Å². The molecule has 1 unspecified atom stereocenters. The Labute approximate surface area is 93.7 Å². The number of aliphatic hydroxyl groups is 1. The maximum atomic E-state index is 10.3. The zero-order valence-corrected chi connectivity index (χ0v) is 9.87. The van der Waals surface area contributed by atoms with Crippen LogP contribution >= 0.6 is 22.9 Å². The predicted molar refractivity (Wildman–Crippen MR) is 60.9 cm³/mol. The molecule has 0 spiro atoms. The first-order chi connectivity index (χ1) is 6.58. The summed E-state index contributed by atoms with van der Waals surface area (Å²) < 4.78 is 0.758. The van der Waals surface area contributed by atoms with Crippen LogP contribution in [0.2, 0.25) is 4.34 Å². The van der Waals surface area contributed by atoms with Gasteiger partial charge < -0.3 is 5.11 Å². The van der Waals surface area contributed by atoms with Gasteiger partial charge in [-0.2, -0.15) is 0 Å². The third-order valence-corrected chi connectivity index (χ3v) is 4.50. The molecule has 78 valence electrons. The maximum Gasteiger partial charge on any atom is 0.0963 e. The number of halogens is 1. The van der Waals surface area contributed by atoms with Gasteiger partial charge in [-0.3, -0.25) is 0 Å². The first-order valence-electron chi connectivity index (χ1n) is 5.06. The number of hydrogen-bond acceptors (Lipinski definition) is 2. The maximum absolute atomic E-state index is 10.3. The van der Waals surface area contributed by atoms with Gasteiger partial charge >= 0.3 is 0 Å². The lowest BCUT2D eigenvalue weighted by Crippen LogP contribution is -2.26. The van der Waals surface area contributed by atoms with Crippen molar-refractivity contribution in [3.05, 3.63) is 21.3 Å². The molecule has 0 aliphatic heterocycles. The van der Waals surface area contributed by atoms with Crippen molar-refractivity contribution in [2.75, 3.05) is 0 Å². The normalized spacial score (nSPS) is 21.6. The largest absolute Gasteiger partial charge is 0.385 e. The third kappa shape index (κ3) is 2.13. The Bertz CT molecular complexity index is 315. The fourth-order valence-electron chi connectivity index (χ4n) is 1.96. The standard InChI is InChI=1S/C11H15ClOS/c1-11(13,7-8-3-2-4-8)9-5-6-10(12)14-9/h5-6,8,13H,2-4,7H2,1H3. The Morgan fingerprint density at radius 2 is 2.29 bits per heavy atom. The zero-order valence-electron chi connectivity index (χ0n) is 8.29. The second-order valence-corrected chi connectivity index (χ2v) is 6.09. The van der Waals surface area contributed by atoms with Crippen molar-refractivity contribution in [3.8, 4) is 0 Å². The van der Waals surface area contributed by atoms with E-state index in [1.54, 1.807) is 0 Å². The molecule has 1 aromatic rings. The van der Waals surface area contributed by atoms with Gasteiger partial charge in [-0.25, -0.2) is 0 Å². The Balaban J connectivity index is 2.06. The highest BCUT2D eigenvalue weighted by molar-refractivity contribution is 7.16. The number of rotatable bonds is 3. The molecule has 1 atom stereocenters. The molecule has 0 amide bonds. The highest BCUT2D eigenvalue weighted by Crippen LogP contribution is 2.40. The molecule has 1 aromatic heterocycles. The summed E-state index contributed by atoms with van der Waals surface area (Å²) in [7, 11) is 0. The quantitative estimate of drug-likeness (QED) is 0.838. The van der Waals surface area contributed by atoms with Crippen LogP contribution in [0, 0.1) is 5.92 Å². The summed E-state index contributed by atoms with van der Waals surface area (Å²) in [5, 5.41) is 10.3. The Morgan fingerprint density at radius 1 is 1.57 bits per heavy atom. The molecule has 1 aliphatic carbocycles. The monoisotopic (exact) mass is 230 g/mol. The van der Waals surface area contributed by atoms with Crippen molar-refractivity contribution < 1.29 is 5.11 Å². The topological polar surface area (TPSA) is 20.2 Å². The molecule has 0 bridgehead atoms. The molecule has 1 saturated carbocycles. The molecule has 1 heterocycles. The fourth-order valence-corrected chi connectivity index (χ4v) is 3.06. The average molecular weight is 231 g/mol. The van der Waals surface area contributed by atoms with Crippen molar-refractivity contribution in [1.82, 2.24) is 0 Å². The molecule has 1 nitrogen and oxygen atoms in total. The Hall–Kier alpha value is -0.0500. The molecule has 1 aliphatic rings. The molecule has 1 N–H and O–H groups in total. The van der Waals surface area contributed by atoms with E-state index in [0.29, 0.717) is 5.92 Å². The van der Waals surface area contributed by atoms with E-state index in [0.717, 1.165) is 15.6 Å². The molecule has 2 rings (SSSR count). The summed E-state index contributed by atoms with van der Waals surface area (Å²) in [6.07, 6.45) is 4.75. The van der Waals surface area contributed by atoms with Gasteiger partial charge in [0.05, 0.1) is 9.94 Å². The van der Waals surface area contributed by atoms with Gasteiger partial charge in [0.25, 0.3) is 0 Å². The number of hydrogen-bond donors (Lipinski definition) is 1. The van der Waals surface area contributed by atoms with Gasteiger partial charge in [0, 0.05) is 4.88 Å². The van der Waals surface area contributed by atoms with Crippen LogP contribution in [0.15, 0.2) is 12.1 Å². The highest BCUT2D eigenvalue weighted by atomic mass is 35.5. The summed E-state index contributed by atoms with van der Waals surface area (Å²) in [4.78, 5) is 0.995. The predicted octanol–water partition coefficient (Wildman–Crippen LogP) is 3.80. The first kappa shape index (κ1) is 10.5. The molecule has 14 heavy (non-hydrogen) atoms. The molecular weight excluding hydrogens is 216 g/mol. The van der Waals surface area contributed by atoms with Crippen molar-refractivity contribution in [1.29, 1.82) is 0 Å². The van der Waals surface area contributed by atoms with Crippen LogP contribution in [-0.2, 0) is 5.60 Å². The van der Waals surface area contributed by atoms with Crippen molar-refractivity contribution >= 4 is 22.9 Å². The van der Waals surface area contributed by atoms with Crippen molar-refractivity contribution in [3.63, 3.8) is 0 Å². The highest BCUT2D eigenvalue weighted by Gasteiger charge is 2.31. The second kappa shape index (κ2) is 3.84. The SMILES string of the molecule is CC(O)(CC1CCC1)c1ccc(Cl)s1. The van der Waals surface area contributed by atoms with Gasteiger partial charge in [0.15, 0.2) is 0 Å². The minimum Gasteiger partial charge on any atom is -0.385 e. The molecule has 1 fully saturated rings. The molecule has 0 aromatic carbocycles. The van der Waals surface area contributed by atoms with Gasteiger partial charge in [0.2, 0.25) is 0 Å². The van der Waals surface area contributed by atoms with Crippen LogP contribution in [0.3, 0.4) is 0 Å². The molecular formula is C11H15ClOS. The number of thiophene rings is 1. The smallest absolute Gasteiger partial charge is 0.0963 e. The zero-order chi connectivity index (χ0) is 10.2. The van der Waals surface area contributed by atoms with E-state index in [9.17, 15) is 5.11 Å². The van der Waals surface area contributed by atoms with E-state index < -0.39 is 5.60 Å². The van der Waals surface area contributed by atoms with Crippen LogP contribution < -0.4 is 0 Å². The Morgan fingerprint density at radius 3 is 2.71 bits per heavy atom. The summed E-state index contributed by atoms with van der Waals surface area (Å²) >= 11 is 7.34. The lowest BCUT2D eigenvalue weighted by molar-refractivity contribution is 0.0194. The minimum atomic E-state index is -0.678. The molecule has 3 heteroatoms. The van der Waals surface area contributed by atoms with Gasteiger partial charge in [-0.05, 0) is 31.4 Å². The average Bonchev–Trinajstić information content (AvgIpc) is 2.45. The van der Waals surface area contributed by atoms with Crippen LogP contribution in [0.1, 0.15) is 37.5 Å². The van der Waals surface area contributed by atoms with E-state index in [2.05, 4.69) is 0 Å². The first-order valence-corrected chi connectivity index (χ1v) is 6.25. The third-order valence-electron chi connectivity index (χ3n) is 3.01. The van der Waals surface area contributed by atoms with E-state index in [4.69, 9.17) is 11.6 Å². The molecule has 0 saturated heterocycles. The summed E-state index contributed by atoms with van der Waals surface area (Å²) in [5.41, 5.74) is -0.678. The van der Waals surface area contributed by atoms with Crippen molar-refractivity contribution in [2.45, 2.75) is 38.2 Å². The van der Waals surface area contributed by atoms with E-state index in [1.807, 2.05) is 19.1 Å². The van der Waals surface area contributed by atoms with Crippen LogP contribution in [0.4, 0.5) is 0 Å². The minimum absolute atomic E-state index is 0.678. The summed E-state index contributed by atoms with van der Waals surface area (Å²) in [5.74, 6) is 0.714. The van der Waals surface area contributed by atoms with Crippen LogP contribution in [-0.4, -0.2) is 5.11 Å². The van der Waals surface area contributed by atoms with Crippen LogP contribution in [0.5, 0.6) is 0 Å². The lowest BCUT2D eigenvalue weighted by Gasteiger charge is -2.32. The van der Waals surface area contributed by atoms with E-state index >= 15 is 0 Å². The molecule has 0 radical (unpaired) electrons. The van der Waals surface area contributed by atoms with E-state index in [-0.39, 0.29) is 0 Å². The summed E-state index contributed by atoms with van der Waals surface area (Å²) in [6.45, 7) is 1.90. The summed E-state index contributed by atoms with van der Waals surface area (Å²) in [6, 6.07) is 3.79. The van der Waals surface area contributed by atoms with Crippen LogP contribution in [0.25, 0.3) is 0 Å². The van der Waals surface area contributed by atoms with Gasteiger partial charge in [0.1, 0.15) is 0 Å². The van der Waals surface area contributed by atoms with Crippen molar-refractivity contribution in [2.24, 2.45) is 5.92 Å². The fraction of sp³-hybridized carbons (Fsp3) is 0.636. The van der Waals surface area contributed by atoms with Gasteiger partial charge in [-0.1, -0.05) is 30.9 Å².